The van der Waals surface area contributed by atoms with Crippen LogP contribution in [0, 0.1) is 0 Å². The Morgan fingerprint density at radius 1 is 1.11 bits per heavy atom. The molecule has 28 heavy (non-hydrogen) atoms. The van der Waals surface area contributed by atoms with E-state index in [0.29, 0.717) is 29.3 Å². The number of benzene rings is 2. The maximum absolute atomic E-state index is 13.1. The van der Waals surface area contributed by atoms with E-state index in [2.05, 4.69) is 10.6 Å². The fraction of sp³-hybridized carbons (Fsp3) is 0.364. The van der Waals surface area contributed by atoms with Crippen molar-refractivity contribution in [2.24, 2.45) is 0 Å². The summed E-state index contributed by atoms with van der Waals surface area (Å²) in [7, 11) is 0. The minimum atomic E-state index is -0.232. The third-order valence-electron chi connectivity index (χ3n) is 5.35. The maximum atomic E-state index is 13.1. The molecule has 1 aliphatic heterocycles. The van der Waals surface area contributed by atoms with Gasteiger partial charge in [0.1, 0.15) is 5.75 Å². The molecule has 3 amide bonds. The third-order valence-corrected chi connectivity index (χ3v) is 5.35. The maximum Gasteiger partial charge on any atom is 0.319 e. The normalized spacial score (nSPS) is 16.5. The third kappa shape index (κ3) is 3.67. The van der Waals surface area contributed by atoms with Crippen molar-refractivity contribution in [3.05, 3.63) is 48.0 Å². The van der Waals surface area contributed by atoms with Crippen LogP contribution in [0.4, 0.5) is 16.2 Å². The van der Waals surface area contributed by atoms with Gasteiger partial charge in [-0.25, -0.2) is 4.79 Å². The summed E-state index contributed by atoms with van der Waals surface area (Å²) < 4.78 is 6.00. The quantitative estimate of drug-likeness (QED) is 0.796. The molecule has 6 heteroatoms. The molecule has 0 unspecified atom stereocenters. The Morgan fingerprint density at radius 3 is 2.68 bits per heavy atom. The second-order valence-electron chi connectivity index (χ2n) is 7.26. The number of ether oxygens (including phenoxy) is 1. The van der Waals surface area contributed by atoms with Crippen LogP contribution in [0.25, 0.3) is 0 Å². The lowest BCUT2D eigenvalue weighted by molar-refractivity contribution is 0.0988. The smallest absolute Gasteiger partial charge is 0.319 e. The fourth-order valence-electron chi connectivity index (χ4n) is 3.92. The number of fused-ring (bicyclic) bond motifs is 2. The zero-order chi connectivity index (χ0) is 19.5. The second-order valence-corrected chi connectivity index (χ2v) is 7.26. The molecule has 2 N–H and O–H groups in total. The number of hydrogen-bond acceptors (Lipinski definition) is 3. The summed E-state index contributed by atoms with van der Waals surface area (Å²) in [6, 6.07) is 12.7. The van der Waals surface area contributed by atoms with Gasteiger partial charge in [-0.1, -0.05) is 31.4 Å². The number of carbonyl (C=O) groups excluding carboxylic acids is 2. The van der Waals surface area contributed by atoms with Gasteiger partial charge in [0, 0.05) is 18.3 Å². The van der Waals surface area contributed by atoms with Gasteiger partial charge in [0.2, 0.25) is 0 Å². The molecule has 1 aliphatic carbocycles. The van der Waals surface area contributed by atoms with Crippen LogP contribution in [0.15, 0.2) is 42.5 Å². The number of anilines is 2. The number of amides is 3. The first kappa shape index (κ1) is 18.3. The van der Waals surface area contributed by atoms with Gasteiger partial charge in [0.05, 0.1) is 11.3 Å². The summed E-state index contributed by atoms with van der Waals surface area (Å²) in [4.78, 5) is 27.1. The van der Waals surface area contributed by atoms with Crippen LogP contribution >= 0.6 is 0 Å². The standard InChI is InChI=1S/C22H25N3O3/c1-2-25-18-10-6-7-11-20(18)28-19-13-12-16(14-17(19)21(25)26)24-22(27)23-15-8-4-3-5-9-15/h6-7,10-15H,2-5,8-9H2,1H3,(H2,23,24,27). The Kier molecular flexibility index (Phi) is 5.19. The number of hydrogen-bond donors (Lipinski definition) is 2. The number of carbonyl (C=O) groups is 2. The van der Waals surface area contributed by atoms with Crippen molar-refractivity contribution in [1.82, 2.24) is 5.32 Å². The molecule has 0 bridgehead atoms. The predicted octanol–water partition coefficient (Wildman–Crippen LogP) is 4.91. The molecule has 0 saturated heterocycles. The Balaban J connectivity index is 1.55. The second kappa shape index (κ2) is 7.92. The molecule has 4 rings (SSSR count). The lowest BCUT2D eigenvalue weighted by atomic mass is 9.96. The van der Waals surface area contributed by atoms with Crippen LogP contribution in [0.1, 0.15) is 49.4 Å². The first-order valence-electron chi connectivity index (χ1n) is 9.96. The van der Waals surface area contributed by atoms with Crippen molar-refractivity contribution in [1.29, 1.82) is 0 Å². The molecule has 2 aromatic rings. The van der Waals surface area contributed by atoms with Gasteiger partial charge < -0.3 is 20.3 Å². The number of rotatable bonds is 3. The van der Waals surface area contributed by atoms with Crippen LogP contribution in [0.3, 0.4) is 0 Å². The summed E-state index contributed by atoms with van der Waals surface area (Å²) in [5, 5.41) is 5.89. The molecular formula is C22H25N3O3. The molecule has 146 valence electrons. The highest BCUT2D eigenvalue weighted by Crippen LogP contribution is 2.39. The largest absolute Gasteiger partial charge is 0.454 e. The minimum Gasteiger partial charge on any atom is -0.454 e. The van der Waals surface area contributed by atoms with E-state index >= 15 is 0 Å². The summed E-state index contributed by atoms with van der Waals surface area (Å²) in [6.07, 6.45) is 5.59. The van der Waals surface area contributed by atoms with E-state index in [0.717, 1.165) is 31.4 Å². The SMILES string of the molecule is CCN1C(=O)c2cc(NC(=O)NC3CCCCC3)ccc2Oc2ccccc21. The van der Waals surface area contributed by atoms with E-state index in [9.17, 15) is 9.59 Å². The molecule has 6 nitrogen and oxygen atoms in total. The molecule has 2 aliphatic rings. The van der Waals surface area contributed by atoms with E-state index < -0.39 is 0 Å². The Bertz CT molecular complexity index is 890. The van der Waals surface area contributed by atoms with Gasteiger partial charge in [-0.2, -0.15) is 0 Å². The molecule has 0 atom stereocenters. The van der Waals surface area contributed by atoms with Crippen LogP contribution in [-0.4, -0.2) is 24.5 Å². The van der Waals surface area contributed by atoms with E-state index in [4.69, 9.17) is 4.74 Å². The van der Waals surface area contributed by atoms with Crippen LogP contribution in [0.2, 0.25) is 0 Å². The molecular weight excluding hydrogens is 354 g/mol. The highest BCUT2D eigenvalue weighted by atomic mass is 16.5. The van der Waals surface area contributed by atoms with Crippen molar-refractivity contribution >= 4 is 23.3 Å². The van der Waals surface area contributed by atoms with Gasteiger partial charge in [0.15, 0.2) is 5.75 Å². The van der Waals surface area contributed by atoms with Gasteiger partial charge in [-0.05, 0) is 50.1 Å². The fourth-order valence-corrected chi connectivity index (χ4v) is 3.92. The molecule has 1 saturated carbocycles. The Morgan fingerprint density at radius 2 is 1.89 bits per heavy atom. The van der Waals surface area contributed by atoms with Crippen LogP contribution in [0.5, 0.6) is 11.5 Å². The average molecular weight is 379 g/mol. The summed E-state index contributed by atoms with van der Waals surface area (Å²) in [5.74, 6) is 0.998. The molecule has 0 aromatic heterocycles. The van der Waals surface area contributed by atoms with E-state index in [1.165, 1.54) is 6.42 Å². The van der Waals surface area contributed by atoms with Crippen molar-refractivity contribution in [3.63, 3.8) is 0 Å². The van der Waals surface area contributed by atoms with Crippen LogP contribution in [-0.2, 0) is 0 Å². The average Bonchev–Trinajstić information content (AvgIpc) is 2.82. The topological polar surface area (TPSA) is 70.7 Å². The van der Waals surface area contributed by atoms with Gasteiger partial charge in [-0.3, -0.25) is 4.79 Å². The van der Waals surface area contributed by atoms with E-state index in [1.54, 1.807) is 23.1 Å². The first-order chi connectivity index (χ1) is 13.7. The van der Waals surface area contributed by atoms with E-state index in [-0.39, 0.29) is 18.0 Å². The Labute approximate surface area is 164 Å². The van der Waals surface area contributed by atoms with Crippen molar-refractivity contribution in [3.8, 4) is 11.5 Å². The van der Waals surface area contributed by atoms with Crippen molar-refractivity contribution in [2.75, 3.05) is 16.8 Å². The Hall–Kier alpha value is -3.02. The van der Waals surface area contributed by atoms with E-state index in [1.807, 2.05) is 31.2 Å². The monoisotopic (exact) mass is 379 g/mol. The molecule has 0 spiro atoms. The highest BCUT2D eigenvalue weighted by molar-refractivity contribution is 6.10. The first-order valence-corrected chi connectivity index (χ1v) is 9.96. The van der Waals surface area contributed by atoms with Crippen molar-refractivity contribution < 1.29 is 14.3 Å². The predicted molar refractivity (Wildman–Crippen MR) is 109 cm³/mol. The zero-order valence-electron chi connectivity index (χ0n) is 16.0. The lowest BCUT2D eigenvalue weighted by Gasteiger charge is -2.23. The number of urea groups is 1. The molecule has 1 heterocycles. The number of para-hydroxylation sites is 2. The van der Waals surface area contributed by atoms with Gasteiger partial charge in [0.25, 0.3) is 5.91 Å². The number of nitrogens with zero attached hydrogens (tertiary/aromatic N) is 1. The summed E-state index contributed by atoms with van der Waals surface area (Å²) >= 11 is 0. The van der Waals surface area contributed by atoms with Gasteiger partial charge in [-0.15, -0.1) is 0 Å². The summed E-state index contributed by atoms with van der Waals surface area (Å²) in [5.41, 5.74) is 1.76. The minimum absolute atomic E-state index is 0.140. The van der Waals surface area contributed by atoms with Gasteiger partial charge >= 0.3 is 6.03 Å². The molecule has 1 fully saturated rings. The summed E-state index contributed by atoms with van der Waals surface area (Å²) in [6.45, 7) is 2.46. The molecule has 0 radical (unpaired) electrons. The highest BCUT2D eigenvalue weighted by Gasteiger charge is 2.27. The number of nitrogens with one attached hydrogen (secondary N) is 2. The van der Waals surface area contributed by atoms with Crippen molar-refractivity contribution in [2.45, 2.75) is 45.1 Å². The van der Waals surface area contributed by atoms with Crippen LogP contribution < -0.4 is 20.3 Å². The lowest BCUT2D eigenvalue weighted by Crippen LogP contribution is -2.39. The molecule has 2 aromatic carbocycles. The zero-order valence-corrected chi connectivity index (χ0v) is 16.0.